The number of non-ortho nitro benzene ring substituents is 1. The zero-order chi connectivity index (χ0) is 13.3. The quantitative estimate of drug-likeness (QED) is 0.632. The zero-order valence-corrected chi connectivity index (χ0v) is 10.7. The number of methoxy groups -OCH3 is 1. The highest BCUT2D eigenvalue weighted by molar-refractivity contribution is 6.36. The molecule has 0 fully saturated rings. The van der Waals surface area contributed by atoms with Crippen LogP contribution in [0.25, 0.3) is 10.9 Å². The number of aryl methyl sites for hydroxylation is 1. The minimum absolute atomic E-state index is 0.0316. The van der Waals surface area contributed by atoms with E-state index in [1.165, 1.54) is 12.3 Å². The van der Waals surface area contributed by atoms with Gasteiger partial charge < -0.3 is 4.74 Å². The van der Waals surface area contributed by atoms with Crippen LogP contribution in [0.3, 0.4) is 0 Å². The Morgan fingerprint density at radius 3 is 2.83 bits per heavy atom. The third-order valence-electron chi connectivity index (χ3n) is 2.60. The summed E-state index contributed by atoms with van der Waals surface area (Å²) >= 11 is 6.23. The maximum atomic E-state index is 11.0. The molecule has 6 heteroatoms. The number of nitro groups is 1. The van der Waals surface area contributed by atoms with Crippen LogP contribution in [0.2, 0.25) is 5.02 Å². The van der Waals surface area contributed by atoms with Crippen molar-refractivity contribution in [2.45, 2.75) is 13.5 Å². The normalized spacial score (nSPS) is 10.8. The molecular weight excluding hydrogens is 256 g/mol. The number of halogens is 1. The molecular formula is C12H11ClN2O3. The number of nitro benzene ring substituents is 1. The van der Waals surface area contributed by atoms with Crippen LogP contribution in [0.1, 0.15) is 11.1 Å². The number of rotatable bonds is 3. The van der Waals surface area contributed by atoms with Gasteiger partial charge in [0.05, 0.1) is 16.6 Å². The van der Waals surface area contributed by atoms with E-state index in [0.29, 0.717) is 28.1 Å². The molecule has 0 aliphatic rings. The van der Waals surface area contributed by atoms with Crippen molar-refractivity contribution in [2.75, 3.05) is 7.11 Å². The van der Waals surface area contributed by atoms with Gasteiger partial charge in [0.1, 0.15) is 5.52 Å². The molecule has 0 N–H and O–H groups in total. The summed E-state index contributed by atoms with van der Waals surface area (Å²) in [4.78, 5) is 14.7. The highest BCUT2D eigenvalue weighted by Gasteiger charge is 2.17. The standard InChI is InChI=1S/C12H11ClN2O3/c1-7-3-9-11(13)8(6-18-2)5-14-12(9)10(4-7)15(16)17/h3-5H,6H2,1-2H3. The summed E-state index contributed by atoms with van der Waals surface area (Å²) in [5.74, 6) is 0. The van der Waals surface area contributed by atoms with E-state index in [1.807, 2.05) is 0 Å². The molecule has 2 rings (SSSR count). The van der Waals surface area contributed by atoms with E-state index in [9.17, 15) is 10.1 Å². The molecule has 0 amide bonds. The second kappa shape index (κ2) is 4.88. The van der Waals surface area contributed by atoms with E-state index in [1.54, 1.807) is 20.1 Å². The summed E-state index contributed by atoms with van der Waals surface area (Å²) in [5, 5.41) is 12.0. The van der Waals surface area contributed by atoms with Crippen molar-refractivity contribution in [1.29, 1.82) is 0 Å². The van der Waals surface area contributed by atoms with E-state index < -0.39 is 4.92 Å². The van der Waals surface area contributed by atoms with Gasteiger partial charge in [-0.3, -0.25) is 10.1 Å². The predicted octanol–water partition coefficient (Wildman–Crippen LogP) is 3.25. The van der Waals surface area contributed by atoms with Gasteiger partial charge in [0.15, 0.2) is 0 Å². The highest BCUT2D eigenvalue weighted by Crippen LogP contribution is 2.32. The molecule has 1 aromatic heterocycles. The van der Waals surface area contributed by atoms with Crippen LogP contribution in [-0.4, -0.2) is 17.0 Å². The van der Waals surface area contributed by atoms with E-state index in [0.717, 1.165) is 5.56 Å². The van der Waals surface area contributed by atoms with Crippen LogP contribution in [0.5, 0.6) is 0 Å². The first-order valence-corrected chi connectivity index (χ1v) is 5.63. The van der Waals surface area contributed by atoms with Gasteiger partial charge in [0.25, 0.3) is 5.69 Å². The zero-order valence-electron chi connectivity index (χ0n) is 9.94. The second-order valence-corrected chi connectivity index (χ2v) is 4.35. The Morgan fingerprint density at radius 1 is 1.50 bits per heavy atom. The summed E-state index contributed by atoms with van der Waals surface area (Å²) in [6, 6.07) is 3.28. The molecule has 0 atom stereocenters. The number of ether oxygens (including phenoxy) is 1. The van der Waals surface area contributed by atoms with Crippen LogP contribution >= 0.6 is 11.6 Å². The smallest absolute Gasteiger partial charge is 0.295 e. The van der Waals surface area contributed by atoms with E-state index in [2.05, 4.69) is 4.98 Å². The van der Waals surface area contributed by atoms with Crippen LogP contribution in [0.15, 0.2) is 18.3 Å². The Labute approximate surface area is 108 Å². The summed E-state index contributed by atoms with van der Waals surface area (Å²) in [5.41, 5.74) is 1.75. The summed E-state index contributed by atoms with van der Waals surface area (Å²) in [7, 11) is 1.55. The molecule has 2 aromatic rings. The molecule has 0 radical (unpaired) electrons. The molecule has 0 saturated heterocycles. The minimum atomic E-state index is -0.450. The molecule has 5 nitrogen and oxygen atoms in total. The van der Waals surface area contributed by atoms with E-state index in [4.69, 9.17) is 16.3 Å². The van der Waals surface area contributed by atoms with Crippen molar-refractivity contribution in [2.24, 2.45) is 0 Å². The number of aromatic nitrogens is 1. The Bertz CT molecular complexity index is 628. The Morgan fingerprint density at radius 2 is 2.22 bits per heavy atom. The lowest BCUT2D eigenvalue weighted by molar-refractivity contribution is -0.383. The number of hydrogen-bond donors (Lipinski definition) is 0. The van der Waals surface area contributed by atoms with Crippen molar-refractivity contribution in [3.05, 3.63) is 44.6 Å². The first-order chi connectivity index (χ1) is 8.54. The van der Waals surface area contributed by atoms with Crippen LogP contribution in [0, 0.1) is 17.0 Å². The lowest BCUT2D eigenvalue weighted by atomic mass is 10.1. The average Bonchev–Trinajstić information content (AvgIpc) is 2.32. The maximum absolute atomic E-state index is 11.0. The SMILES string of the molecule is COCc1cnc2c([N+](=O)[O-])cc(C)cc2c1Cl. The molecule has 0 unspecified atom stereocenters. The largest absolute Gasteiger partial charge is 0.380 e. The van der Waals surface area contributed by atoms with Crippen molar-refractivity contribution in [1.82, 2.24) is 4.98 Å². The molecule has 18 heavy (non-hydrogen) atoms. The fraction of sp³-hybridized carbons (Fsp3) is 0.250. The molecule has 94 valence electrons. The molecule has 0 spiro atoms. The second-order valence-electron chi connectivity index (χ2n) is 3.97. The van der Waals surface area contributed by atoms with Gasteiger partial charge in [-0.15, -0.1) is 0 Å². The Balaban J connectivity index is 2.78. The van der Waals surface area contributed by atoms with Crippen molar-refractivity contribution >= 4 is 28.2 Å². The predicted molar refractivity (Wildman–Crippen MR) is 68.9 cm³/mol. The van der Waals surface area contributed by atoms with Gasteiger partial charge in [-0.05, 0) is 18.6 Å². The van der Waals surface area contributed by atoms with Gasteiger partial charge in [0, 0.05) is 30.3 Å². The molecule has 0 bridgehead atoms. The van der Waals surface area contributed by atoms with E-state index in [-0.39, 0.29) is 5.69 Å². The van der Waals surface area contributed by atoms with Crippen molar-refractivity contribution in [3.8, 4) is 0 Å². The summed E-state index contributed by atoms with van der Waals surface area (Å²) < 4.78 is 5.01. The number of fused-ring (bicyclic) bond motifs is 1. The topological polar surface area (TPSA) is 65.3 Å². The van der Waals surface area contributed by atoms with Crippen LogP contribution in [0.4, 0.5) is 5.69 Å². The van der Waals surface area contributed by atoms with Gasteiger partial charge in [-0.2, -0.15) is 0 Å². The minimum Gasteiger partial charge on any atom is -0.380 e. The summed E-state index contributed by atoms with van der Waals surface area (Å²) in [6.45, 7) is 2.11. The molecule has 0 saturated carbocycles. The highest BCUT2D eigenvalue weighted by atomic mass is 35.5. The molecule has 0 aliphatic carbocycles. The van der Waals surface area contributed by atoms with Crippen LogP contribution in [-0.2, 0) is 11.3 Å². The number of hydrogen-bond acceptors (Lipinski definition) is 4. The lowest BCUT2D eigenvalue weighted by Gasteiger charge is -2.07. The fourth-order valence-electron chi connectivity index (χ4n) is 1.83. The van der Waals surface area contributed by atoms with Crippen LogP contribution < -0.4 is 0 Å². The monoisotopic (exact) mass is 266 g/mol. The van der Waals surface area contributed by atoms with Gasteiger partial charge in [-0.1, -0.05) is 11.6 Å². The molecule has 1 aromatic carbocycles. The Kier molecular flexibility index (Phi) is 3.45. The fourth-order valence-corrected chi connectivity index (χ4v) is 2.08. The van der Waals surface area contributed by atoms with E-state index >= 15 is 0 Å². The third-order valence-corrected chi connectivity index (χ3v) is 3.04. The number of benzene rings is 1. The number of nitrogens with zero attached hydrogens (tertiary/aromatic N) is 2. The average molecular weight is 267 g/mol. The van der Waals surface area contributed by atoms with Crippen molar-refractivity contribution < 1.29 is 9.66 Å². The lowest BCUT2D eigenvalue weighted by Crippen LogP contribution is -1.96. The number of pyridine rings is 1. The van der Waals surface area contributed by atoms with Gasteiger partial charge >= 0.3 is 0 Å². The molecule has 1 heterocycles. The van der Waals surface area contributed by atoms with Gasteiger partial charge in [0.2, 0.25) is 0 Å². The maximum Gasteiger partial charge on any atom is 0.295 e. The van der Waals surface area contributed by atoms with Crippen molar-refractivity contribution in [3.63, 3.8) is 0 Å². The first kappa shape index (κ1) is 12.7. The Hall–Kier alpha value is -1.72. The third kappa shape index (κ3) is 2.14. The summed E-state index contributed by atoms with van der Waals surface area (Å²) in [6.07, 6.45) is 1.51. The van der Waals surface area contributed by atoms with Gasteiger partial charge in [-0.25, -0.2) is 4.98 Å². The molecule has 0 aliphatic heterocycles. The first-order valence-electron chi connectivity index (χ1n) is 5.25.